The molecule has 0 radical (unpaired) electrons. The molecule has 5 rings (SSSR count). The van der Waals surface area contributed by atoms with Crippen molar-refractivity contribution in [2.45, 2.75) is 57.8 Å². The highest BCUT2D eigenvalue weighted by Crippen LogP contribution is 2.26. The number of fused-ring (bicyclic) bond motifs is 1. The largest absolute Gasteiger partial charge is 0.357 e. The summed E-state index contributed by atoms with van der Waals surface area (Å²) >= 11 is 0. The van der Waals surface area contributed by atoms with Crippen LogP contribution in [-0.4, -0.2) is 47.0 Å². The van der Waals surface area contributed by atoms with Gasteiger partial charge < -0.3 is 9.80 Å². The van der Waals surface area contributed by atoms with Crippen molar-refractivity contribution in [3.8, 4) is 0 Å². The number of rotatable bonds is 4. The smallest absolute Gasteiger partial charge is 0.128 e. The second-order valence-electron chi connectivity index (χ2n) is 8.75. The van der Waals surface area contributed by atoms with Crippen molar-refractivity contribution >= 4 is 5.82 Å². The van der Waals surface area contributed by atoms with Crippen molar-refractivity contribution in [2.75, 3.05) is 31.1 Å². The highest BCUT2D eigenvalue weighted by Gasteiger charge is 2.26. The van der Waals surface area contributed by atoms with Crippen LogP contribution in [0, 0.1) is 0 Å². The molecule has 4 nitrogen and oxygen atoms in total. The van der Waals surface area contributed by atoms with Crippen LogP contribution in [0.2, 0.25) is 0 Å². The Kier molecular flexibility index (Phi) is 5.32. The van der Waals surface area contributed by atoms with Crippen LogP contribution in [0.15, 0.2) is 42.6 Å². The first-order valence-electron chi connectivity index (χ1n) is 11.1. The Morgan fingerprint density at radius 1 is 0.821 bits per heavy atom. The monoisotopic (exact) mass is 376 g/mol. The van der Waals surface area contributed by atoms with Crippen molar-refractivity contribution < 1.29 is 0 Å². The fourth-order valence-electron chi connectivity index (χ4n) is 5.21. The molecule has 1 aromatic carbocycles. The summed E-state index contributed by atoms with van der Waals surface area (Å²) in [5.74, 6) is 1.16. The van der Waals surface area contributed by atoms with Crippen LogP contribution < -0.4 is 4.90 Å². The van der Waals surface area contributed by atoms with E-state index in [2.05, 4.69) is 57.3 Å². The Bertz CT molecular complexity index is 748. The van der Waals surface area contributed by atoms with Gasteiger partial charge in [-0.2, -0.15) is 0 Å². The van der Waals surface area contributed by atoms with Gasteiger partial charge in [0.15, 0.2) is 0 Å². The Labute approximate surface area is 169 Å². The minimum Gasteiger partial charge on any atom is -0.357 e. The molecule has 0 N–H and O–H groups in total. The molecule has 0 aliphatic carbocycles. The molecule has 2 aromatic rings. The molecule has 2 fully saturated rings. The standard InChI is InChI=1S/C24H32N4/c1-4-12-27(13-5-1)23-10-14-28(15-11-23)24-9-8-20(16-25-24)17-26-18-21-6-2-3-7-22(21)19-26/h2-3,6-9,16,23H,1,4-5,10-15,17-19H2. The molecule has 4 heteroatoms. The van der Waals surface area contributed by atoms with E-state index >= 15 is 0 Å². The summed E-state index contributed by atoms with van der Waals surface area (Å²) in [4.78, 5) is 12.5. The van der Waals surface area contributed by atoms with Crippen LogP contribution in [-0.2, 0) is 19.6 Å². The normalized spacial score (nSPS) is 21.8. The first kappa shape index (κ1) is 18.1. The fourth-order valence-corrected chi connectivity index (χ4v) is 5.21. The van der Waals surface area contributed by atoms with E-state index in [0.29, 0.717) is 0 Å². The maximum Gasteiger partial charge on any atom is 0.128 e. The van der Waals surface area contributed by atoms with Gasteiger partial charge in [-0.3, -0.25) is 4.90 Å². The predicted octanol–water partition coefficient (Wildman–Crippen LogP) is 4.05. The third-order valence-electron chi connectivity index (χ3n) is 6.82. The maximum absolute atomic E-state index is 4.82. The van der Waals surface area contributed by atoms with E-state index in [0.717, 1.165) is 44.6 Å². The Hall–Kier alpha value is -1.91. The molecule has 0 saturated carbocycles. The van der Waals surface area contributed by atoms with Gasteiger partial charge >= 0.3 is 0 Å². The average Bonchev–Trinajstić information content (AvgIpc) is 3.17. The molecule has 28 heavy (non-hydrogen) atoms. The Morgan fingerprint density at radius 3 is 2.18 bits per heavy atom. The van der Waals surface area contributed by atoms with Gasteiger partial charge in [0.1, 0.15) is 5.82 Å². The highest BCUT2D eigenvalue weighted by molar-refractivity contribution is 5.40. The van der Waals surface area contributed by atoms with Crippen molar-refractivity contribution in [1.29, 1.82) is 0 Å². The van der Waals surface area contributed by atoms with Crippen LogP contribution >= 0.6 is 0 Å². The van der Waals surface area contributed by atoms with Crippen LogP contribution in [0.1, 0.15) is 48.8 Å². The number of likely N-dealkylation sites (tertiary alicyclic amines) is 1. The molecule has 3 aliphatic heterocycles. The lowest BCUT2D eigenvalue weighted by atomic mass is 10.00. The molecule has 1 aromatic heterocycles. The second-order valence-corrected chi connectivity index (χ2v) is 8.75. The van der Waals surface area contributed by atoms with Gasteiger partial charge in [-0.1, -0.05) is 36.8 Å². The van der Waals surface area contributed by atoms with Crippen LogP contribution in [0.5, 0.6) is 0 Å². The van der Waals surface area contributed by atoms with E-state index in [4.69, 9.17) is 4.98 Å². The third kappa shape index (κ3) is 3.94. The van der Waals surface area contributed by atoms with E-state index in [1.807, 2.05) is 0 Å². The zero-order valence-electron chi connectivity index (χ0n) is 16.9. The molecule has 0 unspecified atom stereocenters. The van der Waals surface area contributed by atoms with E-state index in [1.165, 1.54) is 61.9 Å². The summed E-state index contributed by atoms with van der Waals surface area (Å²) in [5, 5.41) is 0. The van der Waals surface area contributed by atoms with Crippen LogP contribution in [0.4, 0.5) is 5.82 Å². The Balaban J connectivity index is 1.14. The number of hydrogen-bond donors (Lipinski definition) is 0. The molecule has 148 valence electrons. The molecule has 2 saturated heterocycles. The summed E-state index contributed by atoms with van der Waals surface area (Å²) in [7, 11) is 0. The zero-order chi connectivity index (χ0) is 18.8. The first-order valence-corrected chi connectivity index (χ1v) is 11.1. The molecule has 0 spiro atoms. The zero-order valence-corrected chi connectivity index (χ0v) is 16.9. The van der Waals surface area contributed by atoms with Gasteiger partial charge in [-0.15, -0.1) is 0 Å². The van der Waals surface area contributed by atoms with Crippen molar-refractivity contribution in [3.63, 3.8) is 0 Å². The van der Waals surface area contributed by atoms with E-state index < -0.39 is 0 Å². The minimum atomic E-state index is 0.799. The lowest BCUT2D eigenvalue weighted by molar-refractivity contribution is 0.141. The van der Waals surface area contributed by atoms with Crippen molar-refractivity contribution in [1.82, 2.24) is 14.8 Å². The first-order chi connectivity index (χ1) is 13.8. The number of piperidine rings is 2. The SMILES string of the molecule is c1ccc2c(c1)CN(Cc1ccc(N3CCC(N4CCCCC4)CC3)nc1)C2. The third-order valence-corrected chi connectivity index (χ3v) is 6.82. The van der Waals surface area contributed by atoms with Gasteiger partial charge in [0, 0.05) is 45.0 Å². The van der Waals surface area contributed by atoms with Gasteiger partial charge in [-0.05, 0) is 61.5 Å². The minimum absolute atomic E-state index is 0.799. The molecule has 0 amide bonds. The molecular weight excluding hydrogens is 344 g/mol. The summed E-state index contributed by atoms with van der Waals surface area (Å²) in [6, 6.07) is 14.1. The van der Waals surface area contributed by atoms with Crippen molar-refractivity contribution in [3.05, 3.63) is 59.3 Å². The van der Waals surface area contributed by atoms with Crippen molar-refractivity contribution in [2.24, 2.45) is 0 Å². The lowest BCUT2D eigenvalue weighted by Gasteiger charge is -2.40. The number of hydrogen-bond acceptors (Lipinski definition) is 4. The summed E-state index contributed by atoms with van der Waals surface area (Å²) in [6.07, 6.45) is 8.88. The fraction of sp³-hybridized carbons (Fsp3) is 0.542. The Morgan fingerprint density at radius 2 is 1.54 bits per heavy atom. The van der Waals surface area contributed by atoms with Gasteiger partial charge in [0.2, 0.25) is 0 Å². The lowest BCUT2D eigenvalue weighted by Crippen LogP contribution is -2.46. The summed E-state index contributed by atoms with van der Waals surface area (Å²) in [6.45, 7) is 8.03. The number of benzene rings is 1. The van der Waals surface area contributed by atoms with Gasteiger partial charge in [-0.25, -0.2) is 4.98 Å². The number of aromatic nitrogens is 1. The quantitative estimate of drug-likeness (QED) is 0.803. The molecule has 3 aliphatic rings. The highest BCUT2D eigenvalue weighted by atomic mass is 15.2. The van der Waals surface area contributed by atoms with E-state index in [9.17, 15) is 0 Å². The molecule has 0 bridgehead atoms. The summed E-state index contributed by atoms with van der Waals surface area (Å²) < 4.78 is 0. The molecule has 0 atom stereocenters. The topological polar surface area (TPSA) is 22.6 Å². The second kappa shape index (κ2) is 8.22. The van der Waals surface area contributed by atoms with Crippen LogP contribution in [0.25, 0.3) is 0 Å². The average molecular weight is 377 g/mol. The maximum atomic E-state index is 4.82. The molecule has 4 heterocycles. The van der Waals surface area contributed by atoms with Gasteiger partial charge in [0.25, 0.3) is 0 Å². The number of nitrogens with zero attached hydrogens (tertiary/aromatic N) is 4. The van der Waals surface area contributed by atoms with E-state index in [-0.39, 0.29) is 0 Å². The number of anilines is 1. The predicted molar refractivity (Wildman–Crippen MR) is 114 cm³/mol. The number of pyridine rings is 1. The van der Waals surface area contributed by atoms with E-state index in [1.54, 1.807) is 0 Å². The van der Waals surface area contributed by atoms with Crippen LogP contribution in [0.3, 0.4) is 0 Å². The molecular formula is C24H32N4. The van der Waals surface area contributed by atoms with Gasteiger partial charge in [0.05, 0.1) is 0 Å². The summed E-state index contributed by atoms with van der Waals surface area (Å²) in [5.41, 5.74) is 4.27.